The smallest absolute Gasteiger partial charge is 0.0431 e. The number of aliphatic hydroxyl groups is 1. The van der Waals surface area contributed by atoms with Crippen LogP contribution in [0.2, 0.25) is 0 Å². The molecule has 1 aliphatic carbocycles. The van der Waals surface area contributed by atoms with Gasteiger partial charge in [-0.05, 0) is 56.1 Å². The maximum Gasteiger partial charge on any atom is 0.0431 e. The fourth-order valence-corrected chi connectivity index (χ4v) is 3.19. The van der Waals surface area contributed by atoms with Crippen molar-refractivity contribution in [2.45, 2.75) is 64.2 Å². The Morgan fingerprint density at radius 2 is 1.84 bits per heavy atom. The van der Waals surface area contributed by atoms with Crippen molar-refractivity contribution in [1.82, 2.24) is 0 Å². The molecular formula is C17H26OW. The van der Waals surface area contributed by atoms with Crippen molar-refractivity contribution in [3.63, 3.8) is 0 Å². The Hall–Kier alpha value is -0.132. The summed E-state index contributed by atoms with van der Waals surface area (Å²) in [5.41, 5.74) is 4.50. The van der Waals surface area contributed by atoms with E-state index in [0.717, 1.165) is 25.2 Å². The van der Waals surface area contributed by atoms with Crippen molar-refractivity contribution in [3.8, 4) is 0 Å². The van der Waals surface area contributed by atoms with Gasteiger partial charge in [-0.1, -0.05) is 43.0 Å². The zero-order valence-electron chi connectivity index (χ0n) is 12.0. The summed E-state index contributed by atoms with van der Waals surface area (Å²) in [7, 11) is 0. The number of rotatable bonds is 5. The second kappa shape index (κ2) is 8.92. The average Bonchev–Trinajstić information content (AvgIpc) is 2.40. The van der Waals surface area contributed by atoms with Crippen molar-refractivity contribution in [1.29, 1.82) is 0 Å². The topological polar surface area (TPSA) is 20.2 Å². The van der Waals surface area contributed by atoms with Gasteiger partial charge in [0.1, 0.15) is 0 Å². The van der Waals surface area contributed by atoms with Gasteiger partial charge in [0.15, 0.2) is 0 Å². The first kappa shape index (κ1) is 16.9. The minimum absolute atomic E-state index is 0. The summed E-state index contributed by atoms with van der Waals surface area (Å²) >= 11 is 0. The third-order valence-corrected chi connectivity index (χ3v) is 4.20. The maximum atomic E-state index is 8.92. The van der Waals surface area contributed by atoms with Gasteiger partial charge in [-0.25, -0.2) is 0 Å². The van der Waals surface area contributed by atoms with E-state index in [2.05, 4.69) is 25.1 Å². The Balaban J connectivity index is 0.00000180. The summed E-state index contributed by atoms with van der Waals surface area (Å²) in [6, 6.07) is 6.99. The standard InChI is InChI=1S/C17H26O.W/c1-14-10-11-17(15-7-3-2-4-8-15)16(13-14)9-5-6-12-18;/h10-11,13,15,18H,2-9,12H2,1H3;. The Morgan fingerprint density at radius 3 is 2.53 bits per heavy atom. The van der Waals surface area contributed by atoms with E-state index in [4.69, 9.17) is 5.11 Å². The molecule has 0 radical (unpaired) electrons. The van der Waals surface area contributed by atoms with Crippen LogP contribution in [0.15, 0.2) is 18.2 Å². The fourth-order valence-electron chi connectivity index (χ4n) is 3.19. The Labute approximate surface area is 132 Å². The van der Waals surface area contributed by atoms with Gasteiger partial charge in [-0.15, -0.1) is 0 Å². The molecular weight excluding hydrogens is 404 g/mol. The van der Waals surface area contributed by atoms with Gasteiger partial charge >= 0.3 is 0 Å². The van der Waals surface area contributed by atoms with Crippen molar-refractivity contribution < 1.29 is 26.2 Å². The number of benzene rings is 1. The van der Waals surface area contributed by atoms with E-state index in [1.54, 1.807) is 5.56 Å². The molecule has 0 heterocycles. The van der Waals surface area contributed by atoms with Crippen LogP contribution >= 0.6 is 0 Å². The summed E-state index contributed by atoms with van der Waals surface area (Å²) < 4.78 is 0. The minimum atomic E-state index is 0. The molecule has 0 aromatic heterocycles. The first-order valence-corrected chi connectivity index (χ1v) is 7.51. The molecule has 0 bridgehead atoms. The molecule has 2 heteroatoms. The third kappa shape index (κ3) is 5.04. The van der Waals surface area contributed by atoms with Crippen LogP contribution in [-0.2, 0) is 27.5 Å². The molecule has 19 heavy (non-hydrogen) atoms. The normalized spacial score (nSPS) is 16.1. The molecule has 106 valence electrons. The van der Waals surface area contributed by atoms with E-state index < -0.39 is 0 Å². The second-order valence-corrected chi connectivity index (χ2v) is 5.72. The van der Waals surface area contributed by atoms with Gasteiger partial charge < -0.3 is 5.11 Å². The zero-order valence-corrected chi connectivity index (χ0v) is 15.0. The van der Waals surface area contributed by atoms with Crippen LogP contribution < -0.4 is 0 Å². The minimum Gasteiger partial charge on any atom is -0.396 e. The van der Waals surface area contributed by atoms with E-state index in [0.29, 0.717) is 6.61 Å². The summed E-state index contributed by atoms with van der Waals surface area (Å²) in [4.78, 5) is 0. The van der Waals surface area contributed by atoms with Gasteiger partial charge in [-0.3, -0.25) is 0 Å². The summed E-state index contributed by atoms with van der Waals surface area (Å²) in [5, 5.41) is 8.92. The molecule has 1 aromatic carbocycles. The van der Waals surface area contributed by atoms with Gasteiger partial charge in [0.2, 0.25) is 0 Å². The SMILES string of the molecule is Cc1ccc(C2CCCCC2)c(CCCCO)c1.[W]. The van der Waals surface area contributed by atoms with Gasteiger partial charge in [0.25, 0.3) is 0 Å². The predicted molar refractivity (Wildman–Crippen MR) is 77.0 cm³/mol. The zero-order chi connectivity index (χ0) is 12.8. The van der Waals surface area contributed by atoms with E-state index in [9.17, 15) is 0 Å². The maximum absolute atomic E-state index is 8.92. The molecule has 0 unspecified atom stereocenters. The van der Waals surface area contributed by atoms with Gasteiger partial charge in [0.05, 0.1) is 0 Å². The molecule has 1 fully saturated rings. The molecule has 1 nitrogen and oxygen atoms in total. The van der Waals surface area contributed by atoms with Crippen LogP contribution in [0.25, 0.3) is 0 Å². The number of hydrogen-bond acceptors (Lipinski definition) is 1. The molecule has 0 saturated heterocycles. The molecule has 0 amide bonds. The van der Waals surface area contributed by atoms with Crippen LogP contribution in [0.3, 0.4) is 0 Å². The Bertz CT molecular complexity index is 370. The first-order chi connectivity index (χ1) is 8.81. The van der Waals surface area contributed by atoms with Crippen molar-refractivity contribution in [2.24, 2.45) is 0 Å². The molecule has 1 N–H and O–H groups in total. The molecule has 1 saturated carbocycles. The van der Waals surface area contributed by atoms with Crippen LogP contribution in [0.1, 0.15) is 67.6 Å². The van der Waals surface area contributed by atoms with Crippen LogP contribution in [-0.4, -0.2) is 11.7 Å². The summed E-state index contributed by atoms with van der Waals surface area (Å²) in [5.74, 6) is 0.795. The molecule has 2 rings (SSSR count). The summed E-state index contributed by atoms with van der Waals surface area (Å²) in [6.45, 7) is 2.50. The average molecular weight is 430 g/mol. The quantitative estimate of drug-likeness (QED) is 0.689. The van der Waals surface area contributed by atoms with Crippen molar-refractivity contribution in [3.05, 3.63) is 34.9 Å². The largest absolute Gasteiger partial charge is 0.396 e. The second-order valence-electron chi connectivity index (χ2n) is 5.72. The molecule has 0 aliphatic heterocycles. The van der Waals surface area contributed by atoms with Crippen LogP contribution in [0, 0.1) is 6.92 Å². The molecule has 0 atom stereocenters. The van der Waals surface area contributed by atoms with E-state index in [1.807, 2.05) is 0 Å². The monoisotopic (exact) mass is 430 g/mol. The third-order valence-electron chi connectivity index (χ3n) is 4.20. The Morgan fingerprint density at radius 1 is 1.11 bits per heavy atom. The van der Waals surface area contributed by atoms with Crippen LogP contribution in [0.4, 0.5) is 0 Å². The van der Waals surface area contributed by atoms with Gasteiger partial charge in [-0.2, -0.15) is 0 Å². The summed E-state index contributed by atoms with van der Waals surface area (Å²) in [6.07, 6.45) is 10.1. The van der Waals surface area contributed by atoms with Crippen molar-refractivity contribution >= 4 is 0 Å². The van der Waals surface area contributed by atoms with Crippen molar-refractivity contribution in [2.75, 3.05) is 6.61 Å². The van der Waals surface area contributed by atoms with E-state index >= 15 is 0 Å². The number of aliphatic hydroxyl groups excluding tert-OH is 1. The molecule has 1 aliphatic rings. The predicted octanol–water partition coefficient (Wildman–Crippen LogP) is 4.36. The molecule has 1 aromatic rings. The Kier molecular flexibility index (Phi) is 7.95. The fraction of sp³-hybridized carbons (Fsp3) is 0.647. The molecule has 0 spiro atoms. The first-order valence-electron chi connectivity index (χ1n) is 7.51. The van der Waals surface area contributed by atoms with Gasteiger partial charge in [0, 0.05) is 27.7 Å². The van der Waals surface area contributed by atoms with Crippen LogP contribution in [0.5, 0.6) is 0 Å². The number of hydrogen-bond donors (Lipinski definition) is 1. The van der Waals surface area contributed by atoms with E-state index in [-0.39, 0.29) is 21.1 Å². The van der Waals surface area contributed by atoms with E-state index in [1.165, 1.54) is 43.2 Å². The number of unbranched alkanes of at least 4 members (excludes halogenated alkanes) is 1. The number of aryl methyl sites for hydroxylation is 2.